The van der Waals surface area contributed by atoms with Crippen molar-refractivity contribution in [2.24, 2.45) is 5.73 Å². The third-order valence-electron chi connectivity index (χ3n) is 2.47. The number of rotatable bonds is 5. The van der Waals surface area contributed by atoms with E-state index in [1.54, 1.807) is 0 Å². The van der Waals surface area contributed by atoms with E-state index in [4.69, 9.17) is 10.3 Å². The van der Waals surface area contributed by atoms with Gasteiger partial charge in [0.25, 0.3) is 0 Å². The predicted octanol–water partition coefficient (Wildman–Crippen LogP) is 1.83. The van der Waals surface area contributed by atoms with E-state index in [1.807, 2.05) is 0 Å². The van der Waals surface area contributed by atoms with Crippen molar-refractivity contribution in [1.29, 1.82) is 0 Å². The highest BCUT2D eigenvalue weighted by Crippen LogP contribution is 2.13. The molecule has 0 aliphatic rings. The number of hydrogen-bond acceptors (Lipinski definition) is 4. The minimum Gasteiger partial charge on any atom is -0.339 e. The lowest BCUT2D eigenvalue weighted by molar-refractivity contribution is 0.371. The Bertz CT molecular complexity index is 528. The van der Waals surface area contributed by atoms with Crippen LogP contribution in [0.4, 0.5) is 8.78 Å². The van der Waals surface area contributed by atoms with Gasteiger partial charge in [-0.15, -0.1) is 0 Å². The molecular weight excluding hydrogens is 240 g/mol. The molecule has 2 N–H and O–H groups in total. The summed E-state index contributed by atoms with van der Waals surface area (Å²) in [6.45, 7) is 0.546. The maximum atomic E-state index is 13.4. The highest BCUT2D eigenvalue weighted by molar-refractivity contribution is 5.21. The van der Waals surface area contributed by atoms with Gasteiger partial charge in [-0.3, -0.25) is 0 Å². The van der Waals surface area contributed by atoms with Gasteiger partial charge >= 0.3 is 0 Å². The fourth-order valence-electron chi connectivity index (χ4n) is 1.55. The molecule has 0 bridgehead atoms. The van der Waals surface area contributed by atoms with Crippen LogP contribution in [0.3, 0.4) is 0 Å². The second-order valence-corrected chi connectivity index (χ2v) is 3.91. The predicted molar refractivity (Wildman–Crippen MR) is 60.8 cm³/mol. The van der Waals surface area contributed by atoms with Crippen LogP contribution in [0.2, 0.25) is 0 Å². The number of nitrogens with two attached hydrogens (primary N) is 1. The lowest BCUT2D eigenvalue weighted by Crippen LogP contribution is -2.00. The van der Waals surface area contributed by atoms with Crippen molar-refractivity contribution in [3.63, 3.8) is 0 Å². The Hall–Kier alpha value is -1.82. The summed E-state index contributed by atoms with van der Waals surface area (Å²) < 4.78 is 31.1. The van der Waals surface area contributed by atoms with Gasteiger partial charge in [-0.1, -0.05) is 11.2 Å². The zero-order chi connectivity index (χ0) is 13.0. The summed E-state index contributed by atoms with van der Waals surface area (Å²) in [6, 6.07) is 3.42. The van der Waals surface area contributed by atoms with Crippen LogP contribution < -0.4 is 5.73 Å². The van der Waals surface area contributed by atoms with Crippen LogP contribution in [0.25, 0.3) is 0 Å². The molecule has 6 heteroatoms. The molecule has 0 aliphatic carbocycles. The Balaban J connectivity index is 2.06. The average Bonchev–Trinajstić information content (AvgIpc) is 2.78. The molecule has 18 heavy (non-hydrogen) atoms. The van der Waals surface area contributed by atoms with E-state index in [1.165, 1.54) is 12.1 Å². The van der Waals surface area contributed by atoms with E-state index < -0.39 is 11.6 Å². The van der Waals surface area contributed by atoms with Crippen LogP contribution in [-0.2, 0) is 12.8 Å². The zero-order valence-corrected chi connectivity index (χ0v) is 9.70. The largest absolute Gasteiger partial charge is 0.339 e. The van der Waals surface area contributed by atoms with Crippen molar-refractivity contribution in [2.75, 3.05) is 6.54 Å². The standard InChI is InChI=1S/C12H13F2N3O/c13-9-4-3-8(10(14)7-9)6-11-16-12(18-17-11)2-1-5-15/h3-4,7H,1-2,5-6,15H2. The second-order valence-electron chi connectivity index (χ2n) is 3.91. The number of hydrogen-bond donors (Lipinski definition) is 1. The molecule has 0 saturated heterocycles. The van der Waals surface area contributed by atoms with E-state index in [0.29, 0.717) is 30.2 Å². The summed E-state index contributed by atoms with van der Waals surface area (Å²) in [5.41, 5.74) is 5.70. The summed E-state index contributed by atoms with van der Waals surface area (Å²) in [6.07, 6.45) is 1.54. The zero-order valence-electron chi connectivity index (χ0n) is 9.70. The quantitative estimate of drug-likeness (QED) is 0.882. The molecule has 2 rings (SSSR count). The highest BCUT2D eigenvalue weighted by atomic mass is 19.1. The lowest BCUT2D eigenvalue weighted by Gasteiger charge is -1.99. The monoisotopic (exact) mass is 253 g/mol. The molecule has 1 aromatic heterocycles. The molecule has 0 radical (unpaired) electrons. The molecule has 2 aromatic rings. The summed E-state index contributed by atoms with van der Waals surface area (Å²) in [5.74, 6) is -0.346. The van der Waals surface area contributed by atoms with Gasteiger partial charge in [-0.2, -0.15) is 4.98 Å². The number of aryl methyl sites for hydroxylation is 1. The van der Waals surface area contributed by atoms with E-state index in [2.05, 4.69) is 10.1 Å². The van der Waals surface area contributed by atoms with Crippen LogP contribution in [0, 0.1) is 11.6 Å². The first-order chi connectivity index (χ1) is 8.69. The van der Waals surface area contributed by atoms with Crippen molar-refractivity contribution in [3.05, 3.63) is 47.1 Å². The Morgan fingerprint density at radius 3 is 2.83 bits per heavy atom. The van der Waals surface area contributed by atoms with Crippen LogP contribution in [0.5, 0.6) is 0 Å². The van der Waals surface area contributed by atoms with Gasteiger partial charge < -0.3 is 10.3 Å². The first-order valence-electron chi connectivity index (χ1n) is 5.64. The minimum absolute atomic E-state index is 0.179. The van der Waals surface area contributed by atoms with Crippen molar-refractivity contribution in [1.82, 2.24) is 10.1 Å². The topological polar surface area (TPSA) is 64.9 Å². The van der Waals surface area contributed by atoms with Gasteiger partial charge in [-0.25, -0.2) is 8.78 Å². The van der Waals surface area contributed by atoms with Crippen molar-refractivity contribution >= 4 is 0 Å². The van der Waals surface area contributed by atoms with Gasteiger partial charge in [0.15, 0.2) is 5.82 Å². The van der Waals surface area contributed by atoms with Crippen LogP contribution in [0.1, 0.15) is 23.7 Å². The molecule has 0 unspecified atom stereocenters. The average molecular weight is 253 g/mol. The highest BCUT2D eigenvalue weighted by Gasteiger charge is 2.10. The Morgan fingerprint density at radius 2 is 2.11 bits per heavy atom. The Labute approximate surface area is 103 Å². The third-order valence-corrected chi connectivity index (χ3v) is 2.47. The molecule has 0 fully saturated rings. The fraction of sp³-hybridized carbons (Fsp3) is 0.333. The molecular formula is C12H13F2N3O. The Morgan fingerprint density at radius 1 is 1.28 bits per heavy atom. The fourth-order valence-corrected chi connectivity index (χ4v) is 1.55. The summed E-state index contributed by atoms with van der Waals surface area (Å²) >= 11 is 0. The second kappa shape index (κ2) is 5.68. The summed E-state index contributed by atoms with van der Waals surface area (Å²) in [4.78, 5) is 4.11. The first-order valence-corrected chi connectivity index (χ1v) is 5.64. The molecule has 0 amide bonds. The van der Waals surface area contributed by atoms with Gasteiger partial charge in [0.2, 0.25) is 5.89 Å². The van der Waals surface area contributed by atoms with Gasteiger partial charge in [0, 0.05) is 18.9 Å². The molecule has 4 nitrogen and oxygen atoms in total. The third kappa shape index (κ3) is 3.10. The molecule has 0 aliphatic heterocycles. The number of aromatic nitrogens is 2. The van der Waals surface area contributed by atoms with Crippen molar-refractivity contribution < 1.29 is 13.3 Å². The summed E-state index contributed by atoms with van der Waals surface area (Å²) in [7, 11) is 0. The molecule has 96 valence electrons. The molecule has 0 saturated carbocycles. The van der Waals surface area contributed by atoms with E-state index >= 15 is 0 Å². The van der Waals surface area contributed by atoms with Gasteiger partial charge in [0.1, 0.15) is 11.6 Å². The Kier molecular flexibility index (Phi) is 3.99. The molecule has 1 heterocycles. The maximum absolute atomic E-state index is 13.4. The molecule has 0 atom stereocenters. The normalized spacial score (nSPS) is 10.8. The van der Waals surface area contributed by atoms with Crippen LogP contribution in [-0.4, -0.2) is 16.7 Å². The number of nitrogens with zero attached hydrogens (tertiary/aromatic N) is 2. The van der Waals surface area contributed by atoms with Gasteiger partial charge in [0.05, 0.1) is 0 Å². The first kappa shape index (κ1) is 12.6. The smallest absolute Gasteiger partial charge is 0.226 e. The molecule has 0 spiro atoms. The van der Waals surface area contributed by atoms with Crippen LogP contribution >= 0.6 is 0 Å². The lowest BCUT2D eigenvalue weighted by atomic mass is 10.1. The maximum Gasteiger partial charge on any atom is 0.226 e. The van der Waals surface area contributed by atoms with Crippen LogP contribution in [0.15, 0.2) is 22.7 Å². The number of benzene rings is 1. The minimum atomic E-state index is -0.608. The van der Waals surface area contributed by atoms with E-state index in [-0.39, 0.29) is 6.42 Å². The SMILES string of the molecule is NCCCc1nc(Cc2ccc(F)cc2F)no1. The van der Waals surface area contributed by atoms with Gasteiger partial charge in [-0.05, 0) is 24.6 Å². The van der Waals surface area contributed by atoms with Crippen molar-refractivity contribution in [2.45, 2.75) is 19.3 Å². The van der Waals surface area contributed by atoms with E-state index in [9.17, 15) is 8.78 Å². The molecule has 1 aromatic carbocycles. The number of halogens is 2. The van der Waals surface area contributed by atoms with E-state index in [0.717, 1.165) is 12.5 Å². The summed E-state index contributed by atoms with van der Waals surface area (Å²) in [5, 5.41) is 3.74. The van der Waals surface area contributed by atoms with Crippen molar-refractivity contribution in [3.8, 4) is 0 Å².